The summed E-state index contributed by atoms with van der Waals surface area (Å²) in [6.45, 7) is 13.6. The molecule has 0 aromatic heterocycles. The average Bonchev–Trinajstić information content (AvgIpc) is 2.30. The molecular formula is C17H30N2. The van der Waals surface area contributed by atoms with Crippen molar-refractivity contribution in [2.45, 2.75) is 47.5 Å². The van der Waals surface area contributed by atoms with Crippen LogP contribution in [0.25, 0.3) is 0 Å². The van der Waals surface area contributed by atoms with Gasteiger partial charge < -0.3 is 10.6 Å². The third kappa shape index (κ3) is 5.54. The maximum Gasteiger partial charge on any atom is 0.0397 e. The molecule has 2 nitrogen and oxygen atoms in total. The third-order valence-electron chi connectivity index (χ3n) is 3.51. The molecule has 0 aliphatic rings. The van der Waals surface area contributed by atoms with Crippen molar-refractivity contribution in [1.82, 2.24) is 0 Å². The lowest BCUT2D eigenvalue weighted by atomic mass is 10.1. The van der Waals surface area contributed by atoms with Crippen molar-refractivity contribution in [3.63, 3.8) is 0 Å². The number of hydrogen-bond donors (Lipinski definition) is 1. The van der Waals surface area contributed by atoms with Crippen LogP contribution in [0, 0.1) is 18.8 Å². The van der Waals surface area contributed by atoms with Gasteiger partial charge in [-0.15, -0.1) is 0 Å². The Kier molecular flexibility index (Phi) is 6.20. The van der Waals surface area contributed by atoms with Crippen LogP contribution in [0.1, 0.15) is 46.1 Å². The Balaban J connectivity index is 2.81. The number of aryl methyl sites for hydroxylation is 1. The largest absolute Gasteiger partial charge is 0.399 e. The molecule has 0 radical (unpaired) electrons. The molecule has 0 aliphatic heterocycles. The van der Waals surface area contributed by atoms with E-state index in [2.05, 4.69) is 51.7 Å². The summed E-state index contributed by atoms with van der Waals surface area (Å²) in [4.78, 5) is 2.52. The summed E-state index contributed by atoms with van der Waals surface area (Å²) in [5, 5.41) is 0. The first-order chi connectivity index (χ1) is 8.90. The van der Waals surface area contributed by atoms with E-state index in [9.17, 15) is 0 Å². The van der Waals surface area contributed by atoms with Gasteiger partial charge in [0.05, 0.1) is 0 Å². The Labute approximate surface area is 119 Å². The van der Waals surface area contributed by atoms with Crippen molar-refractivity contribution >= 4 is 11.4 Å². The second-order valence-electron chi connectivity index (χ2n) is 6.40. The minimum absolute atomic E-state index is 0.746. The predicted octanol–water partition coefficient (Wildman–Crippen LogP) is 4.48. The molecule has 1 aromatic rings. The maximum absolute atomic E-state index is 5.85. The van der Waals surface area contributed by atoms with Crippen LogP contribution in [0.3, 0.4) is 0 Å². The summed E-state index contributed by atoms with van der Waals surface area (Å²) < 4.78 is 0. The molecule has 0 atom stereocenters. The number of benzene rings is 1. The number of rotatable bonds is 7. The van der Waals surface area contributed by atoms with Crippen molar-refractivity contribution in [1.29, 1.82) is 0 Å². The SMILES string of the molecule is Cc1cc(N)ccc1N(CCC(C)C)CCC(C)C. The van der Waals surface area contributed by atoms with E-state index in [1.54, 1.807) is 0 Å². The zero-order chi connectivity index (χ0) is 14.4. The molecule has 0 saturated carbocycles. The van der Waals surface area contributed by atoms with E-state index in [0.717, 1.165) is 30.6 Å². The number of hydrogen-bond acceptors (Lipinski definition) is 2. The fourth-order valence-corrected chi connectivity index (χ4v) is 2.21. The standard InChI is InChI=1S/C17H30N2/c1-13(2)8-10-19(11-9-14(3)4)17-7-6-16(18)12-15(17)5/h6-7,12-14H,8-11,18H2,1-5H3. The number of nitrogens with zero attached hydrogens (tertiary/aromatic N) is 1. The molecular weight excluding hydrogens is 232 g/mol. The zero-order valence-corrected chi connectivity index (χ0v) is 13.2. The summed E-state index contributed by atoms with van der Waals surface area (Å²) in [7, 11) is 0. The predicted molar refractivity (Wildman–Crippen MR) is 86.7 cm³/mol. The first-order valence-corrected chi connectivity index (χ1v) is 7.51. The molecule has 0 aliphatic carbocycles. The van der Waals surface area contributed by atoms with Crippen LogP contribution in [0.5, 0.6) is 0 Å². The van der Waals surface area contributed by atoms with Gasteiger partial charge in [-0.1, -0.05) is 27.7 Å². The second-order valence-corrected chi connectivity index (χ2v) is 6.40. The van der Waals surface area contributed by atoms with Crippen molar-refractivity contribution < 1.29 is 0 Å². The quantitative estimate of drug-likeness (QED) is 0.734. The second kappa shape index (κ2) is 7.42. The zero-order valence-electron chi connectivity index (χ0n) is 13.2. The Bertz CT molecular complexity index is 371. The summed E-state index contributed by atoms with van der Waals surface area (Å²) in [5.41, 5.74) is 9.34. The van der Waals surface area contributed by atoms with Crippen molar-refractivity contribution in [2.24, 2.45) is 11.8 Å². The van der Waals surface area contributed by atoms with Crippen LogP contribution in [-0.4, -0.2) is 13.1 Å². The highest BCUT2D eigenvalue weighted by Gasteiger charge is 2.11. The van der Waals surface area contributed by atoms with Gasteiger partial charge in [-0.05, 0) is 55.4 Å². The van der Waals surface area contributed by atoms with Crippen LogP contribution < -0.4 is 10.6 Å². The molecule has 108 valence electrons. The summed E-state index contributed by atoms with van der Waals surface area (Å²) >= 11 is 0. The highest BCUT2D eigenvalue weighted by atomic mass is 15.1. The van der Waals surface area contributed by atoms with Crippen molar-refractivity contribution in [2.75, 3.05) is 23.7 Å². The van der Waals surface area contributed by atoms with Gasteiger partial charge >= 0.3 is 0 Å². The molecule has 0 spiro atoms. The highest BCUT2D eigenvalue weighted by Crippen LogP contribution is 2.24. The van der Waals surface area contributed by atoms with Crippen LogP contribution in [0.15, 0.2) is 18.2 Å². The lowest BCUT2D eigenvalue weighted by molar-refractivity contribution is 0.535. The minimum Gasteiger partial charge on any atom is -0.399 e. The fraction of sp³-hybridized carbons (Fsp3) is 0.647. The Hall–Kier alpha value is -1.18. The highest BCUT2D eigenvalue weighted by molar-refractivity contribution is 5.59. The molecule has 1 rings (SSSR count). The lowest BCUT2D eigenvalue weighted by Gasteiger charge is -2.28. The van der Waals surface area contributed by atoms with Crippen molar-refractivity contribution in [3.05, 3.63) is 23.8 Å². The average molecular weight is 262 g/mol. The molecule has 0 heterocycles. The Morgan fingerprint density at radius 1 is 1.00 bits per heavy atom. The Morgan fingerprint density at radius 3 is 1.95 bits per heavy atom. The topological polar surface area (TPSA) is 29.3 Å². The molecule has 1 aromatic carbocycles. The van der Waals surface area contributed by atoms with Gasteiger partial charge in [0, 0.05) is 24.5 Å². The van der Waals surface area contributed by atoms with E-state index in [-0.39, 0.29) is 0 Å². The normalized spacial score (nSPS) is 11.3. The first kappa shape index (κ1) is 15.9. The molecule has 0 saturated heterocycles. The summed E-state index contributed by atoms with van der Waals surface area (Å²) in [5.74, 6) is 1.49. The van der Waals surface area contributed by atoms with Crippen LogP contribution in [-0.2, 0) is 0 Å². The van der Waals surface area contributed by atoms with E-state index in [1.165, 1.54) is 24.1 Å². The lowest BCUT2D eigenvalue weighted by Crippen LogP contribution is -2.28. The smallest absolute Gasteiger partial charge is 0.0397 e. The molecule has 0 bridgehead atoms. The first-order valence-electron chi connectivity index (χ1n) is 7.51. The summed E-state index contributed by atoms with van der Waals surface area (Å²) in [6.07, 6.45) is 2.48. The molecule has 0 amide bonds. The Morgan fingerprint density at radius 2 is 1.53 bits per heavy atom. The monoisotopic (exact) mass is 262 g/mol. The number of nitrogens with two attached hydrogens (primary N) is 1. The molecule has 0 fully saturated rings. The molecule has 2 heteroatoms. The van der Waals surface area contributed by atoms with Crippen LogP contribution in [0.2, 0.25) is 0 Å². The fourth-order valence-electron chi connectivity index (χ4n) is 2.21. The van der Waals surface area contributed by atoms with Crippen LogP contribution >= 0.6 is 0 Å². The van der Waals surface area contributed by atoms with Crippen molar-refractivity contribution in [3.8, 4) is 0 Å². The molecule has 0 unspecified atom stereocenters. The number of anilines is 2. The van der Waals surface area contributed by atoms with Gasteiger partial charge in [-0.2, -0.15) is 0 Å². The van der Waals surface area contributed by atoms with Gasteiger partial charge in [0.15, 0.2) is 0 Å². The van der Waals surface area contributed by atoms with Gasteiger partial charge in [0.25, 0.3) is 0 Å². The van der Waals surface area contributed by atoms with E-state index in [0.29, 0.717) is 0 Å². The van der Waals surface area contributed by atoms with E-state index in [1.807, 2.05) is 6.07 Å². The van der Waals surface area contributed by atoms with Gasteiger partial charge in [0.1, 0.15) is 0 Å². The molecule has 19 heavy (non-hydrogen) atoms. The number of nitrogen functional groups attached to an aromatic ring is 1. The molecule has 2 N–H and O–H groups in total. The van der Waals surface area contributed by atoms with E-state index in [4.69, 9.17) is 5.73 Å². The van der Waals surface area contributed by atoms with Gasteiger partial charge in [-0.3, -0.25) is 0 Å². The van der Waals surface area contributed by atoms with Gasteiger partial charge in [0.2, 0.25) is 0 Å². The van der Waals surface area contributed by atoms with Crippen LogP contribution in [0.4, 0.5) is 11.4 Å². The third-order valence-corrected chi connectivity index (χ3v) is 3.51. The van der Waals surface area contributed by atoms with E-state index < -0.39 is 0 Å². The summed E-state index contributed by atoms with van der Waals surface area (Å²) in [6, 6.07) is 6.26. The maximum atomic E-state index is 5.85. The minimum atomic E-state index is 0.746. The van der Waals surface area contributed by atoms with E-state index >= 15 is 0 Å². The van der Waals surface area contributed by atoms with Gasteiger partial charge in [-0.25, -0.2) is 0 Å².